The Labute approximate surface area is 74.0 Å². The van der Waals surface area contributed by atoms with Gasteiger partial charge in [0.2, 0.25) is 0 Å². The predicted octanol–water partition coefficient (Wildman–Crippen LogP) is 1.61. The lowest BCUT2D eigenvalue weighted by Gasteiger charge is -2.02. The molecular weight excluding hydrogens is 173 g/mol. The number of aromatic hydroxyl groups is 1. The number of carbonyl (C=O) groups excluding carboxylic acids is 1. The maximum Gasteiger partial charge on any atom is 0.166 e. The average Bonchev–Trinajstić information content (AvgIpc) is 2.04. The zero-order valence-corrected chi connectivity index (χ0v) is 6.84. The van der Waals surface area contributed by atoms with Crippen molar-refractivity contribution in [3.8, 4) is 11.8 Å². The minimum atomic E-state index is -0.816. The summed E-state index contributed by atoms with van der Waals surface area (Å²) >= 11 is 0. The molecule has 0 saturated carbocycles. The Hall–Kier alpha value is -1.89. The van der Waals surface area contributed by atoms with Gasteiger partial charge in [0, 0.05) is 0 Å². The van der Waals surface area contributed by atoms with E-state index >= 15 is 0 Å². The number of carbonyl (C=O) groups is 1. The molecule has 1 N–H and O–H groups in total. The summed E-state index contributed by atoms with van der Waals surface area (Å²) in [4.78, 5) is 10.8. The smallest absolute Gasteiger partial charge is 0.166 e. The molecule has 0 aliphatic heterocycles. The van der Waals surface area contributed by atoms with E-state index in [9.17, 15) is 14.3 Å². The highest BCUT2D eigenvalue weighted by molar-refractivity contribution is 5.97. The van der Waals surface area contributed by atoms with E-state index in [1.165, 1.54) is 0 Å². The number of Topliss-reactive ketones (excluding diaryl/α,β-unsaturated/α-hetero) is 1. The van der Waals surface area contributed by atoms with E-state index in [1.807, 2.05) is 0 Å². The van der Waals surface area contributed by atoms with E-state index in [0.717, 1.165) is 19.1 Å². The number of ketones is 1. The van der Waals surface area contributed by atoms with Gasteiger partial charge in [-0.15, -0.1) is 0 Å². The SMILES string of the molecule is CC(=O)c1c(F)ccc(C#N)c1O. The van der Waals surface area contributed by atoms with Crippen LogP contribution in [0.25, 0.3) is 0 Å². The van der Waals surface area contributed by atoms with Crippen LogP contribution in [0.15, 0.2) is 12.1 Å². The van der Waals surface area contributed by atoms with Gasteiger partial charge in [0.15, 0.2) is 5.78 Å². The fourth-order valence-electron chi connectivity index (χ4n) is 0.992. The Kier molecular flexibility index (Phi) is 2.29. The Morgan fingerprint density at radius 2 is 2.23 bits per heavy atom. The minimum Gasteiger partial charge on any atom is -0.506 e. The van der Waals surface area contributed by atoms with Crippen molar-refractivity contribution in [2.75, 3.05) is 0 Å². The number of benzene rings is 1. The minimum absolute atomic E-state index is 0.105. The molecule has 0 spiro atoms. The standard InChI is InChI=1S/C9H6FNO2/c1-5(12)8-7(10)3-2-6(4-11)9(8)13/h2-3,13H,1H3. The molecule has 1 rings (SSSR count). The second-order valence-electron chi connectivity index (χ2n) is 2.49. The first-order chi connectivity index (χ1) is 6.07. The molecular formula is C9H6FNO2. The first-order valence-electron chi connectivity index (χ1n) is 3.50. The summed E-state index contributed by atoms with van der Waals surface area (Å²) in [7, 11) is 0. The van der Waals surface area contributed by atoms with Crippen molar-refractivity contribution in [2.45, 2.75) is 6.92 Å². The van der Waals surface area contributed by atoms with Crippen LogP contribution in [0.1, 0.15) is 22.8 Å². The van der Waals surface area contributed by atoms with Crippen molar-refractivity contribution in [3.63, 3.8) is 0 Å². The van der Waals surface area contributed by atoms with Gasteiger partial charge < -0.3 is 5.11 Å². The Bertz CT molecular complexity index is 407. The molecule has 0 radical (unpaired) electrons. The number of halogens is 1. The topological polar surface area (TPSA) is 61.1 Å². The Balaban J connectivity index is 3.50. The molecule has 0 aliphatic rings. The van der Waals surface area contributed by atoms with Gasteiger partial charge in [-0.1, -0.05) is 0 Å². The number of hydrogen-bond donors (Lipinski definition) is 1. The second-order valence-corrected chi connectivity index (χ2v) is 2.49. The molecule has 0 bridgehead atoms. The Morgan fingerprint density at radius 1 is 1.62 bits per heavy atom. The molecule has 0 unspecified atom stereocenters. The number of nitriles is 1. The summed E-state index contributed by atoms with van der Waals surface area (Å²) in [5, 5.41) is 17.7. The summed E-state index contributed by atoms with van der Waals surface area (Å²) in [6.45, 7) is 1.12. The third-order valence-electron chi connectivity index (χ3n) is 1.60. The zero-order chi connectivity index (χ0) is 10.0. The summed E-state index contributed by atoms with van der Waals surface area (Å²) in [5.74, 6) is -2.01. The van der Waals surface area contributed by atoms with E-state index in [2.05, 4.69) is 0 Å². The highest BCUT2D eigenvalue weighted by Gasteiger charge is 2.15. The van der Waals surface area contributed by atoms with Crippen molar-refractivity contribution in [3.05, 3.63) is 29.1 Å². The average molecular weight is 179 g/mol. The largest absolute Gasteiger partial charge is 0.506 e. The quantitative estimate of drug-likeness (QED) is 0.666. The number of phenols is 1. The summed E-state index contributed by atoms with van der Waals surface area (Å²) in [6.07, 6.45) is 0. The molecule has 0 amide bonds. The number of rotatable bonds is 1. The maximum absolute atomic E-state index is 12.9. The molecule has 0 heterocycles. The van der Waals surface area contributed by atoms with Crippen molar-refractivity contribution >= 4 is 5.78 Å². The van der Waals surface area contributed by atoms with Crippen molar-refractivity contribution in [1.29, 1.82) is 5.26 Å². The highest BCUT2D eigenvalue weighted by atomic mass is 19.1. The van der Waals surface area contributed by atoms with Gasteiger partial charge in [0.25, 0.3) is 0 Å². The second kappa shape index (κ2) is 3.23. The molecule has 0 aliphatic carbocycles. The fraction of sp³-hybridized carbons (Fsp3) is 0.111. The number of hydrogen-bond acceptors (Lipinski definition) is 3. The van der Waals surface area contributed by atoms with Gasteiger partial charge in [0.1, 0.15) is 17.6 Å². The zero-order valence-electron chi connectivity index (χ0n) is 6.84. The molecule has 3 nitrogen and oxygen atoms in total. The van der Waals surface area contributed by atoms with Crippen LogP contribution in [0, 0.1) is 17.1 Å². The van der Waals surface area contributed by atoms with Gasteiger partial charge in [0.05, 0.1) is 11.1 Å². The molecule has 4 heteroatoms. The third kappa shape index (κ3) is 1.49. The summed E-state index contributed by atoms with van der Waals surface area (Å²) in [5.41, 5.74) is -0.536. The van der Waals surface area contributed by atoms with Crippen LogP contribution in [0.4, 0.5) is 4.39 Å². The molecule has 0 aromatic heterocycles. The van der Waals surface area contributed by atoms with Crippen LogP contribution < -0.4 is 0 Å². The van der Waals surface area contributed by atoms with Crippen molar-refractivity contribution < 1.29 is 14.3 Å². The summed E-state index contributed by atoms with van der Waals surface area (Å²) in [6, 6.07) is 3.75. The Morgan fingerprint density at radius 3 is 2.69 bits per heavy atom. The van der Waals surface area contributed by atoms with Crippen LogP contribution in [0.2, 0.25) is 0 Å². The van der Waals surface area contributed by atoms with E-state index < -0.39 is 22.9 Å². The molecule has 0 atom stereocenters. The fourth-order valence-corrected chi connectivity index (χ4v) is 0.992. The lowest BCUT2D eigenvalue weighted by Crippen LogP contribution is -1.98. The van der Waals surface area contributed by atoms with E-state index in [0.29, 0.717) is 0 Å². The van der Waals surface area contributed by atoms with E-state index in [4.69, 9.17) is 5.26 Å². The molecule has 1 aromatic rings. The highest BCUT2D eigenvalue weighted by Crippen LogP contribution is 2.24. The van der Waals surface area contributed by atoms with Crippen LogP contribution in [0.3, 0.4) is 0 Å². The first kappa shape index (κ1) is 9.20. The molecule has 0 saturated heterocycles. The van der Waals surface area contributed by atoms with Crippen LogP contribution >= 0.6 is 0 Å². The van der Waals surface area contributed by atoms with Crippen LogP contribution in [-0.4, -0.2) is 10.9 Å². The lowest BCUT2D eigenvalue weighted by atomic mass is 10.1. The third-order valence-corrected chi connectivity index (χ3v) is 1.60. The van der Waals surface area contributed by atoms with E-state index in [1.54, 1.807) is 6.07 Å². The van der Waals surface area contributed by atoms with Crippen molar-refractivity contribution in [1.82, 2.24) is 0 Å². The molecule has 66 valence electrons. The predicted molar refractivity (Wildman–Crippen MR) is 42.8 cm³/mol. The lowest BCUT2D eigenvalue weighted by molar-refractivity contribution is 0.101. The van der Waals surface area contributed by atoms with Crippen molar-refractivity contribution in [2.24, 2.45) is 0 Å². The van der Waals surface area contributed by atoms with Gasteiger partial charge in [-0.05, 0) is 19.1 Å². The molecule has 1 aromatic carbocycles. The maximum atomic E-state index is 12.9. The van der Waals surface area contributed by atoms with Gasteiger partial charge >= 0.3 is 0 Å². The van der Waals surface area contributed by atoms with Crippen LogP contribution in [0.5, 0.6) is 5.75 Å². The first-order valence-corrected chi connectivity index (χ1v) is 3.50. The van der Waals surface area contributed by atoms with Gasteiger partial charge in [-0.25, -0.2) is 4.39 Å². The molecule has 0 fully saturated rings. The van der Waals surface area contributed by atoms with Gasteiger partial charge in [-0.2, -0.15) is 5.26 Å². The van der Waals surface area contributed by atoms with Crippen LogP contribution in [-0.2, 0) is 0 Å². The summed E-state index contributed by atoms with van der Waals surface area (Å²) < 4.78 is 12.9. The monoisotopic (exact) mass is 179 g/mol. The number of nitrogens with zero attached hydrogens (tertiary/aromatic N) is 1. The van der Waals surface area contributed by atoms with Gasteiger partial charge in [-0.3, -0.25) is 4.79 Å². The van der Waals surface area contributed by atoms with E-state index in [-0.39, 0.29) is 5.56 Å². The number of phenolic OH excluding ortho intramolecular Hbond substituents is 1. The molecule has 13 heavy (non-hydrogen) atoms. The normalized spacial score (nSPS) is 9.31.